The summed E-state index contributed by atoms with van der Waals surface area (Å²) in [6.07, 6.45) is -0.447. The number of aliphatic hydroxyl groups is 1. The second kappa shape index (κ2) is 6.37. The first-order valence-corrected chi connectivity index (χ1v) is 5.91. The minimum Gasteiger partial charge on any atom is -0.398 e. The zero-order chi connectivity index (χ0) is 13.7. The fourth-order valence-corrected chi connectivity index (χ4v) is 1.74. The average molecular weight is 251 g/mol. The van der Waals surface area contributed by atoms with Crippen LogP contribution < -0.4 is 11.1 Å². The molecule has 0 fully saturated rings. The predicted molar refractivity (Wildman–Crippen MR) is 73.4 cm³/mol. The molecule has 1 unspecified atom stereocenters. The third kappa shape index (κ3) is 4.35. The number of likely N-dealkylation sites (N-methyl/N-ethyl adjacent to an activating group) is 1. The smallest absolute Gasteiger partial charge is 0.238 e. The van der Waals surface area contributed by atoms with Gasteiger partial charge in [0.05, 0.1) is 12.6 Å². The lowest BCUT2D eigenvalue weighted by atomic mass is 10.1. The van der Waals surface area contributed by atoms with Crippen LogP contribution in [0.1, 0.15) is 12.5 Å². The van der Waals surface area contributed by atoms with E-state index in [1.807, 2.05) is 13.0 Å². The van der Waals surface area contributed by atoms with E-state index in [1.54, 1.807) is 31.0 Å². The summed E-state index contributed by atoms with van der Waals surface area (Å²) in [6.45, 7) is 4.25. The fourth-order valence-electron chi connectivity index (χ4n) is 1.74. The van der Waals surface area contributed by atoms with Crippen molar-refractivity contribution >= 4 is 17.3 Å². The molecule has 0 aliphatic carbocycles. The van der Waals surface area contributed by atoms with E-state index in [0.717, 1.165) is 11.3 Å². The molecule has 1 atom stereocenters. The van der Waals surface area contributed by atoms with Gasteiger partial charge in [0, 0.05) is 17.9 Å². The van der Waals surface area contributed by atoms with Crippen LogP contribution in [0.3, 0.4) is 0 Å². The zero-order valence-corrected chi connectivity index (χ0v) is 11.1. The van der Waals surface area contributed by atoms with Crippen LogP contribution in [0, 0.1) is 6.92 Å². The topological polar surface area (TPSA) is 78.6 Å². The fraction of sp³-hybridized carbons (Fsp3) is 0.462. The van der Waals surface area contributed by atoms with Gasteiger partial charge in [-0.05, 0) is 38.6 Å². The lowest BCUT2D eigenvalue weighted by Crippen LogP contribution is -2.34. The van der Waals surface area contributed by atoms with Crippen molar-refractivity contribution in [3.05, 3.63) is 23.8 Å². The Morgan fingerprint density at radius 2 is 2.22 bits per heavy atom. The van der Waals surface area contributed by atoms with E-state index in [4.69, 9.17) is 5.73 Å². The van der Waals surface area contributed by atoms with E-state index in [9.17, 15) is 9.90 Å². The molecule has 100 valence electrons. The Morgan fingerprint density at radius 3 is 2.83 bits per heavy atom. The molecule has 1 rings (SSSR count). The quantitative estimate of drug-likeness (QED) is 0.677. The third-order valence-electron chi connectivity index (χ3n) is 2.64. The van der Waals surface area contributed by atoms with Crippen molar-refractivity contribution in [2.24, 2.45) is 0 Å². The SMILES string of the molecule is Cc1c(N)cccc1NC(=O)CN(C)CC(C)O. The number of carbonyl (C=O) groups is 1. The first-order chi connectivity index (χ1) is 8.40. The first-order valence-electron chi connectivity index (χ1n) is 5.91. The van der Waals surface area contributed by atoms with E-state index in [2.05, 4.69) is 5.32 Å². The van der Waals surface area contributed by atoms with Crippen LogP contribution in [-0.2, 0) is 4.79 Å². The highest BCUT2D eigenvalue weighted by Gasteiger charge is 2.10. The van der Waals surface area contributed by atoms with Gasteiger partial charge in [0.1, 0.15) is 0 Å². The summed E-state index contributed by atoms with van der Waals surface area (Å²) < 4.78 is 0. The molecule has 18 heavy (non-hydrogen) atoms. The second-order valence-corrected chi connectivity index (χ2v) is 4.61. The van der Waals surface area contributed by atoms with Crippen LogP contribution in [0.15, 0.2) is 18.2 Å². The first kappa shape index (κ1) is 14.5. The van der Waals surface area contributed by atoms with Gasteiger partial charge in [-0.1, -0.05) is 6.07 Å². The number of amides is 1. The van der Waals surface area contributed by atoms with Crippen LogP contribution in [0.2, 0.25) is 0 Å². The Morgan fingerprint density at radius 1 is 1.56 bits per heavy atom. The molecule has 0 saturated carbocycles. The predicted octanol–water partition coefficient (Wildman–Crippen LogP) is 0.828. The van der Waals surface area contributed by atoms with Crippen molar-refractivity contribution < 1.29 is 9.90 Å². The minimum atomic E-state index is -0.447. The number of hydrogen-bond acceptors (Lipinski definition) is 4. The number of nitrogen functional groups attached to an aromatic ring is 1. The number of aliphatic hydroxyl groups excluding tert-OH is 1. The average Bonchev–Trinajstić information content (AvgIpc) is 2.23. The molecule has 1 aromatic carbocycles. The van der Waals surface area contributed by atoms with Gasteiger partial charge in [-0.3, -0.25) is 9.69 Å². The van der Waals surface area contributed by atoms with Gasteiger partial charge in [-0.25, -0.2) is 0 Å². The summed E-state index contributed by atoms with van der Waals surface area (Å²) in [4.78, 5) is 13.6. The lowest BCUT2D eigenvalue weighted by Gasteiger charge is -2.18. The molecule has 1 amide bonds. The van der Waals surface area contributed by atoms with Crippen molar-refractivity contribution in [1.29, 1.82) is 0 Å². The largest absolute Gasteiger partial charge is 0.398 e. The van der Waals surface area contributed by atoms with Crippen molar-refractivity contribution in [1.82, 2.24) is 4.90 Å². The number of rotatable bonds is 5. The number of hydrogen-bond donors (Lipinski definition) is 3. The van der Waals surface area contributed by atoms with Gasteiger partial charge in [0.25, 0.3) is 0 Å². The number of anilines is 2. The monoisotopic (exact) mass is 251 g/mol. The highest BCUT2D eigenvalue weighted by atomic mass is 16.3. The van der Waals surface area contributed by atoms with Gasteiger partial charge < -0.3 is 16.2 Å². The van der Waals surface area contributed by atoms with E-state index < -0.39 is 6.10 Å². The molecule has 4 N–H and O–H groups in total. The molecule has 0 heterocycles. The minimum absolute atomic E-state index is 0.119. The Balaban J connectivity index is 2.57. The van der Waals surface area contributed by atoms with Crippen molar-refractivity contribution in [2.75, 3.05) is 31.2 Å². The van der Waals surface area contributed by atoms with Gasteiger partial charge in [-0.15, -0.1) is 0 Å². The molecule has 0 radical (unpaired) electrons. The second-order valence-electron chi connectivity index (χ2n) is 4.61. The molecule has 0 aliphatic heterocycles. The molecule has 5 heteroatoms. The van der Waals surface area contributed by atoms with Gasteiger partial charge in [0.2, 0.25) is 5.91 Å². The van der Waals surface area contributed by atoms with Crippen LogP contribution in [-0.4, -0.2) is 42.2 Å². The van der Waals surface area contributed by atoms with E-state index in [0.29, 0.717) is 12.2 Å². The maximum atomic E-state index is 11.8. The van der Waals surface area contributed by atoms with Gasteiger partial charge in [-0.2, -0.15) is 0 Å². The lowest BCUT2D eigenvalue weighted by molar-refractivity contribution is -0.117. The molecule has 0 saturated heterocycles. The summed E-state index contributed by atoms with van der Waals surface area (Å²) in [5.74, 6) is -0.119. The van der Waals surface area contributed by atoms with Gasteiger partial charge >= 0.3 is 0 Å². The highest BCUT2D eigenvalue weighted by Crippen LogP contribution is 2.20. The summed E-state index contributed by atoms with van der Waals surface area (Å²) in [7, 11) is 1.79. The summed E-state index contributed by atoms with van der Waals surface area (Å²) >= 11 is 0. The highest BCUT2D eigenvalue weighted by molar-refractivity contribution is 5.93. The molecule has 5 nitrogen and oxygen atoms in total. The van der Waals surface area contributed by atoms with Crippen molar-refractivity contribution in [3.63, 3.8) is 0 Å². The molecule has 1 aromatic rings. The number of nitrogens with two attached hydrogens (primary N) is 1. The van der Waals surface area contributed by atoms with Gasteiger partial charge in [0.15, 0.2) is 0 Å². The molecule has 0 spiro atoms. The van der Waals surface area contributed by atoms with E-state index in [-0.39, 0.29) is 12.5 Å². The number of nitrogens with zero attached hydrogens (tertiary/aromatic N) is 1. The number of benzene rings is 1. The normalized spacial score (nSPS) is 12.5. The molecular formula is C13H21N3O2. The summed E-state index contributed by atoms with van der Waals surface area (Å²) in [6, 6.07) is 5.42. The van der Waals surface area contributed by atoms with Crippen LogP contribution >= 0.6 is 0 Å². The van der Waals surface area contributed by atoms with Crippen LogP contribution in [0.5, 0.6) is 0 Å². The summed E-state index contributed by atoms with van der Waals surface area (Å²) in [5, 5.41) is 12.0. The standard InChI is InChI=1S/C13H21N3O2/c1-9(17)7-16(3)8-13(18)15-12-6-4-5-11(14)10(12)2/h4-6,9,17H,7-8,14H2,1-3H3,(H,15,18). The number of carbonyl (C=O) groups excluding carboxylic acids is 1. The van der Waals surface area contributed by atoms with E-state index in [1.165, 1.54) is 0 Å². The van der Waals surface area contributed by atoms with Crippen LogP contribution in [0.25, 0.3) is 0 Å². The molecule has 0 bridgehead atoms. The maximum Gasteiger partial charge on any atom is 0.238 e. The third-order valence-corrected chi connectivity index (χ3v) is 2.64. The molecule has 0 aliphatic rings. The van der Waals surface area contributed by atoms with Crippen LogP contribution in [0.4, 0.5) is 11.4 Å². The van der Waals surface area contributed by atoms with E-state index >= 15 is 0 Å². The van der Waals surface area contributed by atoms with Crippen molar-refractivity contribution in [2.45, 2.75) is 20.0 Å². The Kier molecular flexibility index (Phi) is 5.12. The zero-order valence-electron chi connectivity index (χ0n) is 11.1. The molecular weight excluding hydrogens is 230 g/mol. The Bertz CT molecular complexity index is 419. The number of nitrogens with one attached hydrogen (secondary N) is 1. The Hall–Kier alpha value is -1.59. The van der Waals surface area contributed by atoms with Crippen molar-refractivity contribution in [3.8, 4) is 0 Å². The maximum absolute atomic E-state index is 11.8. The summed E-state index contributed by atoms with van der Waals surface area (Å²) in [5.41, 5.74) is 8.02. The molecule has 0 aromatic heterocycles. The Labute approximate surface area is 108 Å².